The molecule has 2 heterocycles. The molecule has 0 saturated heterocycles. The molecule has 0 unspecified atom stereocenters. The Morgan fingerprint density at radius 1 is 1.23 bits per heavy atom. The van der Waals surface area contributed by atoms with Gasteiger partial charge in [0.2, 0.25) is 0 Å². The highest BCUT2D eigenvalue weighted by molar-refractivity contribution is 6.10. The van der Waals surface area contributed by atoms with Gasteiger partial charge < -0.3 is 9.32 Å². The van der Waals surface area contributed by atoms with Crippen molar-refractivity contribution in [3.63, 3.8) is 0 Å². The van der Waals surface area contributed by atoms with E-state index in [1.54, 1.807) is 25.1 Å². The first kappa shape index (κ1) is 16.5. The molecule has 3 aromatic rings. The lowest BCUT2D eigenvalue weighted by Crippen LogP contribution is -2.28. The van der Waals surface area contributed by atoms with E-state index in [1.807, 2.05) is 30.3 Å². The number of hydrogen-bond acceptors (Lipinski definition) is 4. The fourth-order valence-electron chi connectivity index (χ4n) is 3.68. The molecule has 0 atom stereocenters. The number of aryl methyl sites for hydroxylation is 2. The molecule has 26 heavy (non-hydrogen) atoms. The van der Waals surface area contributed by atoms with Crippen LogP contribution in [0, 0.1) is 6.92 Å². The molecule has 4 rings (SSSR count). The van der Waals surface area contributed by atoms with Crippen LogP contribution in [0.15, 0.2) is 40.9 Å². The highest BCUT2D eigenvalue weighted by atomic mass is 16.3. The molecule has 1 amide bonds. The van der Waals surface area contributed by atoms with Crippen molar-refractivity contribution in [1.29, 1.82) is 0 Å². The number of carbonyl (C=O) groups excluding carboxylic acids is 2. The maximum atomic E-state index is 13.1. The maximum absolute atomic E-state index is 13.1. The number of carbonyl (C=O) groups is 2. The number of aromatic nitrogens is 1. The average Bonchev–Trinajstić information content (AvgIpc) is 2.98. The topological polar surface area (TPSA) is 63.4 Å². The van der Waals surface area contributed by atoms with Gasteiger partial charge >= 0.3 is 0 Å². The van der Waals surface area contributed by atoms with Crippen LogP contribution in [0.4, 0.5) is 0 Å². The van der Waals surface area contributed by atoms with E-state index in [2.05, 4.69) is 4.98 Å². The van der Waals surface area contributed by atoms with Crippen LogP contribution in [-0.4, -0.2) is 28.6 Å². The van der Waals surface area contributed by atoms with Gasteiger partial charge in [0.25, 0.3) is 5.91 Å². The van der Waals surface area contributed by atoms with Crippen LogP contribution in [-0.2, 0) is 13.0 Å². The second kappa shape index (κ2) is 6.41. The Morgan fingerprint density at radius 2 is 2.04 bits per heavy atom. The summed E-state index contributed by atoms with van der Waals surface area (Å²) in [5.74, 6) is 1.00. The molecule has 0 N–H and O–H groups in total. The summed E-state index contributed by atoms with van der Waals surface area (Å²) in [4.78, 5) is 31.5. The number of benzene rings is 1. The van der Waals surface area contributed by atoms with Crippen LogP contribution in [0.5, 0.6) is 0 Å². The molecular weight excluding hydrogens is 328 g/mol. The van der Waals surface area contributed by atoms with Crippen LogP contribution in [0.3, 0.4) is 0 Å². The molecule has 0 spiro atoms. The number of rotatable bonds is 3. The highest BCUT2D eigenvalue weighted by Crippen LogP contribution is 2.30. The van der Waals surface area contributed by atoms with Gasteiger partial charge in [-0.3, -0.25) is 14.6 Å². The zero-order valence-electron chi connectivity index (χ0n) is 14.9. The normalized spacial score (nSPS) is 13.7. The molecule has 1 aliphatic carbocycles. The number of amides is 1. The Labute approximate surface area is 151 Å². The average molecular weight is 348 g/mol. The van der Waals surface area contributed by atoms with E-state index in [0.29, 0.717) is 42.0 Å². The second-order valence-corrected chi connectivity index (χ2v) is 6.76. The van der Waals surface area contributed by atoms with Crippen molar-refractivity contribution in [3.05, 3.63) is 64.7 Å². The number of furan rings is 1. The van der Waals surface area contributed by atoms with Gasteiger partial charge in [0.1, 0.15) is 11.5 Å². The number of pyridine rings is 1. The second-order valence-electron chi connectivity index (χ2n) is 6.76. The van der Waals surface area contributed by atoms with Gasteiger partial charge in [-0.1, -0.05) is 24.3 Å². The van der Waals surface area contributed by atoms with Crippen molar-refractivity contribution in [2.24, 2.45) is 0 Å². The van der Waals surface area contributed by atoms with Gasteiger partial charge in [0.15, 0.2) is 5.78 Å². The third-order valence-corrected chi connectivity index (χ3v) is 4.93. The van der Waals surface area contributed by atoms with Crippen molar-refractivity contribution in [2.75, 3.05) is 7.05 Å². The fraction of sp³-hybridized carbons (Fsp3) is 0.286. The summed E-state index contributed by atoms with van der Waals surface area (Å²) < 4.78 is 5.72. The number of fused-ring (bicyclic) bond motifs is 2. The van der Waals surface area contributed by atoms with Crippen LogP contribution >= 0.6 is 0 Å². The van der Waals surface area contributed by atoms with Gasteiger partial charge in [-0.25, -0.2) is 0 Å². The van der Waals surface area contributed by atoms with E-state index in [1.165, 1.54) is 0 Å². The molecule has 1 aliphatic rings. The Balaban J connectivity index is 1.67. The Bertz CT molecular complexity index is 1010. The molecule has 0 saturated carbocycles. The third kappa shape index (κ3) is 2.69. The monoisotopic (exact) mass is 348 g/mol. The van der Waals surface area contributed by atoms with Crippen molar-refractivity contribution >= 4 is 22.6 Å². The van der Waals surface area contributed by atoms with E-state index in [-0.39, 0.29) is 11.7 Å². The van der Waals surface area contributed by atoms with Crippen LogP contribution in [0.2, 0.25) is 0 Å². The van der Waals surface area contributed by atoms with E-state index in [0.717, 1.165) is 22.9 Å². The van der Waals surface area contributed by atoms with Crippen LogP contribution in [0.25, 0.3) is 10.9 Å². The summed E-state index contributed by atoms with van der Waals surface area (Å²) in [6.07, 6.45) is 3.72. The molecule has 1 aromatic carbocycles. The molecule has 132 valence electrons. The smallest absolute Gasteiger partial charge is 0.258 e. The number of hydrogen-bond donors (Lipinski definition) is 0. The number of Topliss-reactive ketones (excluding diaryl/α,β-unsaturated/α-hetero) is 1. The van der Waals surface area contributed by atoms with Crippen LogP contribution in [0.1, 0.15) is 50.6 Å². The number of nitrogens with zero attached hydrogens (tertiary/aromatic N) is 2. The quantitative estimate of drug-likeness (QED) is 0.719. The van der Waals surface area contributed by atoms with Crippen molar-refractivity contribution in [2.45, 2.75) is 32.7 Å². The molecular formula is C21H20N2O3. The zero-order valence-corrected chi connectivity index (χ0v) is 14.9. The summed E-state index contributed by atoms with van der Waals surface area (Å²) >= 11 is 0. The zero-order chi connectivity index (χ0) is 18.3. The van der Waals surface area contributed by atoms with Gasteiger partial charge in [-0.05, 0) is 25.0 Å². The van der Waals surface area contributed by atoms with E-state index in [9.17, 15) is 9.59 Å². The van der Waals surface area contributed by atoms with E-state index < -0.39 is 0 Å². The van der Waals surface area contributed by atoms with Gasteiger partial charge in [-0.2, -0.15) is 0 Å². The summed E-state index contributed by atoms with van der Waals surface area (Å²) in [6, 6.07) is 9.84. The molecule has 0 radical (unpaired) electrons. The first-order valence-corrected chi connectivity index (χ1v) is 8.80. The third-order valence-electron chi connectivity index (χ3n) is 4.93. The largest absolute Gasteiger partial charge is 0.465 e. The standard InChI is InChI=1S/C21H20N2O3/c1-13-18(19-16(24)9-4-10-17(19)26-13)21(25)23(2)12-15-7-3-6-14-8-5-11-22-20(14)15/h3,5-8,11H,4,9-10,12H2,1-2H3. The van der Waals surface area contributed by atoms with Gasteiger partial charge in [0, 0.05) is 38.0 Å². The molecule has 0 fully saturated rings. The molecule has 2 aromatic heterocycles. The number of ketones is 1. The van der Waals surface area contributed by atoms with E-state index >= 15 is 0 Å². The summed E-state index contributed by atoms with van der Waals surface area (Å²) in [5.41, 5.74) is 2.76. The van der Waals surface area contributed by atoms with Crippen molar-refractivity contribution < 1.29 is 14.0 Å². The maximum Gasteiger partial charge on any atom is 0.258 e. The predicted octanol–water partition coefficient (Wildman–Crippen LogP) is 3.93. The lowest BCUT2D eigenvalue weighted by atomic mass is 9.93. The highest BCUT2D eigenvalue weighted by Gasteiger charge is 2.31. The fourth-order valence-corrected chi connectivity index (χ4v) is 3.68. The van der Waals surface area contributed by atoms with Crippen molar-refractivity contribution in [1.82, 2.24) is 9.88 Å². The van der Waals surface area contributed by atoms with Gasteiger partial charge in [0.05, 0.1) is 16.6 Å². The molecule has 5 heteroatoms. The first-order chi connectivity index (χ1) is 12.6. The lowest BCUT2D eigenvalue weighted by molar-refractivity contribution is 0.0778. The first-order valence-electron chi connectivity index (χ1n) is 8.80. The number of para-hydroxylation sites is 1. The minimum Gasteiger partial charge on any atom is -0.465 e. The summed E-state index contributed by atoms with van der Waals surface area (Å²) in [6.45, 7) is 2.17. The van der Waals surface area contributed by atoms with Gasteiger partial charge in [-0.15, -0.1) is 0 Å². The Kier molecular flexibility index (Phi) is 4.07. The van der Waals surface area contributed by atoms with Crippen molar-refractivity contribution in [3.8, 4) is 0 Å². The molecule has 0 aliphatic heterocycles. The SMILES string of the molecule is Cc1oc2c(c1C(=O)N(C)Cc1cccc3cccnc13)C(=O)CCC2. The Hall–Kier alpha value is -2.95. The minimum absolute atomic E-state index is 0.00618. The Morgan fingerprint density at radius 3 is 2.88 bits per heavy atom. The van der Waals surface area contributed by atoms with Crippen LogP contribution < -0.4 is 0 Å². The lowest BCUT2D eigenvalue weighted by Gasteiger charge is -2.19. The molecule has 5 nitrogen and oxygen atoms in total. The summed E-state index contributed by atoms with van der Waals surface area (Å²) in [7, 11) is 1.75. The minimum atomic E-state index is -0.185. The molecule has 0 bridgehead atoms. The predicted molar refractivity (Wildman–Crippen MR) is 98.3 cm³/mol. The van der Waals surface area contributed by atoms with E-state index in [4.69, 9.17) is 4.42 Å². The summed E-state index contributed by atoms with van der Waals surface area (Å²) in [5, 5.41) is 1.04.